The number of fused-ring (bicyclic) bond motifs is 1. The summed E-state index contributed by atoms with van der Waals surface area (Å²) in [5, 5.41) is 11.0. The highest BCUT2D eigenvalue weighted by Crippen LogP contribution is 2.31. The second-order valence-corrected chi connectivity index (χ2v) is 4.87. The summed E-state index contributed by atoms with van der Waals surface area (Å²) in [4.78, 5) is 0. The molecule has 0 fully saturated rings. The molecule has 1 atom stereocenters. The SMILES string of the molecule is CCCC(O)c1cc2cccc(C(C)C)c2o1. The quantitative estimate of drug-likeness (QED) is 0.848. The van der Waals surface area contributed by atoms with E-state index in [2.05, 4.69) is 26.8 Å². The third kappa shape index (κ3) is 2.37. The predicted octanol–water partition coefficient (Wildman–Crippen LogP) is 4.39. The Hall–Kier alpha value is -1.28. The molecule has 2 nitrogen and oxygen atoms in total. The average Bonchev–Trinajstić information content (AvgIpc) is 2.72. The van der Waals surface area contributed by atoms with Crippen LogP contribution in [0.25, 0.3) is 11.0 Å². The molecule has 0 saturated heterocycles. The van der Waals surface area contributed by atoms with Crippen molar-refractivity contribution in [2.45, 2.75) is 45.6 Å². The van der Waals surface area contributed by atoms with Crippen molar-refractivity contribution in [2.24, 2.45) is 0 Å². The summed E-state index contributed by atoms with van der Waals surface area (Å²) in [6.45, 7) is 6.37. The molecule has 0 spiro atoms. The van der Waals surface area contributed by atoms with E-state index in [4.69, 9.17) is 4.42 Å². The summed E-state index contributed by atoms with van der Waals surface area (Å²) >= 11 is 0. The number of hydrogen-bond acceptors (Lipinski definition) is 2. The van der Waals surface area contributed by atoms with Crippen molar-refractivity contribution in [1.29, 1.82) is 0 Å². The van der Waals surface area contributed by atoms with Crippen molar-refractivity contribution >= 4 is 11.0 Å². The Labute approximate surface area is 102 Å². The smallest absolute Gasteiger partial charge is 0.137 e. The van der Waals surface area contributed by atoms with Gasteiger partial charge in [-0.1, -0.05) is 45.4 Å². The molecular formula is C15H20O2. The first-order valence-electron chi connectivity index (χ1n) is 6.34. The normalized spacial score (nSPS) is 13.5. The van der Waals surface area contributed by atoms with Gasteiger partial charge in [0, 0.05) is 5.39 Å². The molecule has 1 unspecified atom stereocenters. The maximum absolute atomic E-state index is 9.96. The zero-order valence-corrected chi connectivity index (χ0v) is 10.7. The summed E-state index contributed by atoms with van der Waals surface area (Å²) in [5.74, 6) is 1.12. The van der Waals surface area contributed by atoms with Crippen LogP contribution in [0, 0.1) is 0 Å². The third-order valence-electron chi connectivity index (χ3n) is 3.11. The largest absolute Gasteiger partial charge is 0.458 e. The van der Waals surface area contributed by atoms with Crippen molar-refractivity contribution in [2.75, 3.05) is 0 Å². The molecule has 0 aliphatic rings. The molecule has 0 bridgehead atoms. The molecule has 17 heavy (non-hydrogen) atoms. The van der Waals surface area contributed by atoms with E-state index in [1.165, 1.54) is 5.56 Å². The molecule has 92 valence electrons. The summed E-state index contributed by atoms with van der Waals surface area (Å²) in [7, 11) is 0. The maximum Gasteiger partial charge on any atom is 0.137 e. The molecule has 1 heterocycles. The molecule has 0 aliphatic carbocycles. The van der Waals surface area contributed by atoms with Crippen LogP contribution in [-0.4, -0.2) is 5.11 Å². The van der Waals surface area contributed by atoms with E-state index in [1.807, 2.05) is 18.2 Å². The van der Waals surface area contributed by atoms with Gasteiger partial charge in [0.1, 0.15) is 17.4 Å². The Morgan fingerprint density at radius 1 is 1.29 bits per heavy atom. The van der Waals surface area contributed by atoms with Crippen LogP contribution in [0.2, 0.25) is 0 Å². The molecule has 0 saturated carbocycles. The highest BCUT2D eigenvalue weighted by atomic mass is 16.4. The number of para-hydroxylation sites is 1. The third-order valence-corrected chi connectivity index (χ3v) is 3.11. The van der Waals surface area contributed by atoms with E-state index >= 15 is 0 Å². The summed E-state index contributed by atoms with van der Waals surface area (Å²) in [5.41, 5.74) is 2.13. The van der Waals surface area contributed by atoms with Crippen LogP contribution in [0.3, 0.4) is 0 Å². The van der Waals surface area contributed by atoms with E-state index in [9.17, 15) is 5.11 Å². The second kappa shape index (κ2) is 4.92. The molecule has 2 rings (SSSR count). The number of benzene rings is 1. The Morgan fingerprint density at radius 3 is 2.71 bits per heavy atom. The summed E-state index contributed by atoms with van der Waals surface area (Å²) in [6.07, 6.45) is 1.22. The van der Waals surface area contributed by atoms with Crippen molar-refractivity contribution in [3.63, 3.8) is 0 Å². The molecule has 1 aromatic heterocycles. The number of aliphatic hydroxyl groups is 1. The Balaban J connectivity index is 2.46. The van der Waals surface area contributed by atoms with Gasteiger partial charge in [0.15, 0.2) is 0 Å². The standard InChI is InChI=1S/C15H20O2/c1-4-6-13(16)14-9-11-7-5-8-12(10(2)3)15(11)17-14/h5,7-10,13,16H,4,6H2,1-3H3. The van der Waals surface area contributed by atoms with Gasteiger partial charge < -0.3 is 9.52 Å². The minimum Gasteiger partial charge on any atom is -0.458 e. The fraction of sp³-hybridized carbons (Fsp3) is 0.467. The summed E-state index contributed by atoms with van der Waals surface area (Å²) in [6, 6.07) is 8.13. The molecular weight excluding hydrogens is 212 g/mol. The Morgan fingerprint density at radius 2 is 2.06 bits per heavy atom. The molecule has 2 heteroatoms. The van der Waals surface area contributed by atoms with Gasteiger partial charge >= 0.3 is 0 Å². The molecule has 0 aliphatic heterocycles. The minimum atomic E-state index is -0.479. The number of aliphatic hydroxyl groups excluding tert-OH is 1. The number of rotatable bonds is 4. The van der Waals surface area contributed by atoms with Gasteiger partial charge in [-0.25, -0.2) is 0 Å². The van der Waals surface area contributed by atoms with E-state index in [-0.39, 0.29) is 0 Å². The van der Waals surface area contributed by atoms with Gasteiger partial charge in [0.25, 0.3) is 0 Å². The predicted molar refractivity (Wildman–Crippen MR) is 70.2 cm³/mol. The van der Waals surface area contributed by atoms with Crippen LogP contribution < -0.4 is 0 Å². The van der Waals surface area contributed by atoms with E-state index < -0.39 is 6.10 Å². The lowest BCUT2D eigenvalue weighted by molar-refractivity contribution is 0.141. The zero-order valence-electron chi connectivity index (χ0n) is 10.7. The van der Waals surface area contributed by atoms with Crippen LogP contribution in [-0.2, 0) is 0 Å². The van der Waals surface area contributed by atoms with Crippen LogP contribution >= 0.6 is 0 Å². The Kier molecular flexibility index (Phi) is 3.53. The van der Waals surface area contributed by atoms with Crippen molar-refractivity contribution in [3.8, 4) is 0 Å². The summed E-state index contributed by atoms with van der Waals surface area (Å²) < 4.78 is 5.82. The number of furan rings is 1. The molecule has 1 aromatic carbocycles. The van der Waals surface area contributed by atoms with Gasteiger partial charge in [-0.05, 0) is 24.0 Å². The van der Waals surface area contributed by atoms with Gasteiger partial charge in [0.2, 0.25) is 0 Å². The van der Waals surface area contributed by atoms with Crippen molar-refractivity contribution in [1.82, 2.24) is 0 Å². The molecule has 2 aromatic rings. The first-order chi connectivity index (χ1) is 8.13. The van der Waals surface area contributed by atoms with Crippen molar-refractivity contribution in [3.05, 3.63) is 35.6 Å². The minimum absolute atomic E-state index is 0.431. The van der Waals surface area contributed by atoms with Crippen LogP contribution in [0.4, 0.5) is 0 Å². The fourth-order valence-corrected chi connectivity index (χ4v) is 2.14. The van der Waals surface area contributed by atoms with Crippen LogP contribution in [0.5, 0.6) is 0 Å². The Bertz CT molecular complexity index is 497. The fourth-order valence-electron chi connectivity index (χ4n) is 2.14. The second-order valence-electron chi connectivity index (χ2n) is 4.87. The molecule has 0 radical (unpaired) electrons. The van der Waals surface area contributed by atoms with Gasteiger partial charge in [0.05, 0.1) is 0 Å². The maximum atomic E-state index is 9.96. The lowest BCUT2D eigenvalue weighted by atomic mass is 10.0. The van der Waals surface area contributed by atoms with Crippen LogP contribution in [0.1, 0.15) is 57.0 Å². The first kappa shape index (κ1) is 12.2. The van der Waals surface area contributed by atoms with E-state index in [0.29, 0.717) is 11.7 Å². The monoisotopic (exact) mass is 232 g/mol. The van der Waals surface area contributed by atoms with E-state index in [1.54, 1.807) is 0 Å². The zero-order chi connectivity index (χ0) is 12.4. The van der Waals surface area contributed by atoms with Gasteiger partial charge in [-0.3, -0.25) is 0 Å². The van der Waals surface area contributed by atoms with Crippen LogP contribution in [0.15, 0.2) is 28.7 Å². The molecule has 0 amide bonds. The average molecular weight is 232 g/mol. The highest BCUT2D eigenvalue weighted by molar-refractivity contribution is 5.81. The lowest BCUT2D eigenvalue weighted by Crippen LogP contribution is -1.93. The molecule has 1 N–H and O–H groups in total. The first-order valence-corrected chi connectivity index (χ1v) is 6.34. The number of hydrogen-bond donors (Lipinski definition) is 1. The topological polar surface area (TPSA) is 33.4 Å². The van der Waals surface area contributed by atoms with Crippen molar-refractivity contribution < 1.29 is 9.52 Å². The van der Waals surface area contributed by atoms with Gasteiger partial charge in [-0.15, -0.1) is 0 Å². The highest BCUT2D eigenvalue weighted by Gasteiger charge is 2.15. The van der Waals surface area contributed by atoms with Gasteiger partial charge in [-0.2, -0.15) is 0 Å². The van der Waals surface area contributed by atoms with E-state index in [0.717, 1.165) is 23.8 Å². The lowest BCUT2D eigenvalue weighted by Gasteiger charge is -2.06.